The Morgan fingerprint density at radius 1 is 1.91 bits per heavy atom. The quantitative estimate of drug-likeness (QED) is 0.683. The maximum atomic E-state index is 10.4. The third kappa shape index (κ3) is 2.41. The fraction of sp³-hybridized carbons (Fsp3) is 0.429. The lowest BCUT2D eigenvalue weighted by atomic mass is 10.4. The standard InChI is InChI=1S/C7H11N3O.H2/c1-6-2-4-10(9-6)5-3-7(8)11;/h2,4H,3,5H2,1H3,(H2,8,11);1H. The highest BCUT2D eigenvalue weighted by Crippen LogP contribution is 1.93. The van der Waals surface area contributed by atoms with E-state index in [9.17, 15) is 4.79 Å². The molecule has 62 valence electrons. The number of rotatable bonds is 3. The zero-order chi connectivity index (χ0) is 8.27. The molecular weight excluding hydrogens is 142 g/mol. The molecule has 0 aromatic carbocycles. The highest BCUT2D eigenvalue weighted by Gasteiger charge is 1.96. The maximum Gasteiger partial charge on any atom is 0.219 e. The predicted octanol–water partition coefficient (Wildman–Crippen LogP) is 0.313. The van der Waals surface area contributed by atoms with E-state index in [1.165, 1.54) is 0 Å². The van der Waals surface area contributed by atoms with Gasteiger partial charge < -0.3 is 5.73 Å². The average molecular weight is 155 g/mol. The molecule has 2 N–H and O–H groups in total. The van der Waals surface area contributed by atoms with Crippen LogP contribution in [0.4, 0.5) is 0 Å². The van der Waals surface area contributed by atoms with Gasteiger partial charge in [-0.25, -0.2) is 0 Å². The normalized spacial score (nSPS) is 9.91. The number of carbonyl (C=O) groups is 1. The molecule has 0 aliphatic rings. The minimum Gasteiger partial charge on any atom is -0.370 e. The molecule has 0 atom stereocenters. The van der Waals surface area contributed by atoms with E-state index in [4.69, 9.17) is 5.73 Å². The van der Waals surface area contributed by atoms with Crippen molar-refractivity contribution in [3.63, 3.8) is 0 Å². The lowest BCUT2D eigenvalue weighted by Crippen LogP contribution is -2.14. The van der Waals surface area contributed by atoms with Crippen LogP contribution in [0.2, 0.25) is 0 Å². The van der Waals surface area contributed by atoms with Crippen LogP contribution < -0.4 is 5.73 Å². The molecule has 4 heteroatoms. The Labute approximate surface area is 66.5 Å². The van der Waals surface area contributed by atoms with Gasteiger partial charge in [0.1, 0.15) is 0 Å². The third-order valence-electron chi connectivity index (χ3n) is 1.36. The Hall–Kier alpha value is -1.32. The summed E-state index contributed by atoms with van der Waals surface area (Å²) in [5, 5.41) is 4.09. The van der Waals surface area contributed by atoms with Crippen LogP contribution in [0.15, 0.2) is 12.3 Å². The Bertz CT molecular complexity index is 259. The van der Waals surface area contributed by atoms with Crippen LogP contribution >= 0.6 is 0 Å². The van der Waals surface area contributed by atoms with Gasteiger partial charge in [0.05, 0.1) is 5.69 Å². The van der Waals surface area contributed by atoms with Crippen molar-refractivity contribution in [3.8, 4) is 0 Å². The fourth-order valence-corrected chi connectivity index (χ4v) is 0.812. The summed E-state index contributed by atoms with van der Waals surface area (Å²) in [4.78, 5) is 10.4. The molecule has 1 aromatic rings. The average Bonchev–Trinajstić information content (AvgIpc) is 2.31. The van der Waals surface area contributed by atoms with E-state index in [1.54, 1.807) is 4.68 Å². The Morgan fingerprint density at radius 3 is 3.09 bits per heavy atom. The van der Waals surface area contributed by atoms with Gasteiger partial charge in [0.25, 0.3) is 0 Å². The molecule has 0 unspecified atom stereocenters. The first-order chi connectivity index (χ1) is 5.18. The lowest BCUT2D eigenvalue weighted by molar-refractivity contribution is -0.118. The van der Waals surface area contributed by atoms with Gasteiger partial charge in [0.2, 0.25) is 5.91 Å². The van der Waals surface area contributed by atoms with Gasteiger partial charge in [-0.1, -0.05) is 0 Å². The van der Waals surface area contributed by atoms with Crippen molar-refractivity contribution < 1.29 is 6.22 Å². The van der Waals surface area contributed by atoms with Gasteiger partial charge in [-0.15, -0.1) is 0 Å². The molecule has 4 nitrogen and oxygen atoms in total. The van der Waals surface area contributed by atoms with Crippen LogP contribution in [0.1, 0.15) is 13.5 Å². The van der Waals surface area contributed by atoms with Crippen LogP contribution in [-0.4, -0.2) is 15.7 Å². The minimum absolute atomic E-state index is 0. The van der Waals surface area contributed by atoms with E-state index in [-0.39, 0.29) is 7.33 Å². The molecular formula is C7H13N3O. The highest BCUT2D eigenvalue weighted by molar-refractivity contribution is 5.73. The first-order valence-electron chi connectivity index (χ1n) is 3.47. The number of primary amides is 1. The third-order valence-corrected chi connectivity index (χ3v) is 1.36. The Kier molecular flexibility index (Phi) is 2.25. The lowest BCUT2D eigenvalue weighted by Gasteiger charge is -1.96. The van der Waals surface area contributed by atoms with E-state index in [0.717, 1.165) is 5.69 Å². The summed E-state index contributed by atoms with van der Waals surface area (Å²) in [5.41, 5.74) is 5.92. The second kappa shape index (κ2) is 3.18. The Morgan fingerprint density at radius 2 is 2.64 bits per heavy atom. The molecule has 0 radical (unpaired) electrons. The first kappa shape index (κ1) is 7.78. The van der Waals surface area contributed by atoms with Crippen molar-refractivity contribution >= 4 is 5.91 Å². The molecule has 0 saturated heterocycles. The number of hydrogen-bond acceptors (Lipinski definition) is 2. The highest BCUT2D eigenvalue weighted by atomic mass is 16.1. The second-order valence-corrected chi connectivity index (χ2v) is 2.44. The predicted molar refractivity (Wildman–Crippen MR) is 42.9 cm³/mol. The summed E-state index contributed by atoms with van der Waals surface area (Å²) in [5.74, 6) is -0.293. The van der Waals surface area contributed by atoms with Crippen molar-refractivity contribution in [2.24, 2.45) is 5.73 Å². The van der Waals surface area contributed by atoms with Gasteiger partial charge in [0, 0.05) is 20.6 Å². The first-order valence-corrected chi connectivity index (χ1v) is 3.47. The monoisotopic (exact) mass is 155 g/mol. The van der Waals surface area contributed by atoms with Crippen molar-refractivity contribution in [1.29, 1.82) is 0 Å². The van der Waals surface area contributed by atoms with Gasteiger partial charge in [-0.05, 0) is 13.0 Å². The van der Waals surface area contributed by atoms with Crippen LogP contribution in [0.25, 0.3) is 0 Å². The molecule has 0 aliphatic carbocycles. The summed E-state index contributed by atoms with van der Waals surface area (Å²) < 4.78 is 1.71. The molecule has 1 heterocycles. The molecule has 0 bridgehead atoms. The van der Waals surface area contributed by atoms with E-state index in [0.29, 0.717) is 13.0 Å². The molecule has 11 heavy (non-hydrogen) atoms. The second-order valence-electron chi connectivity index (χ2n) is 2.44. The van der Waals surface area contributed by atoms with E-state index >= 15 is 0 Å². The number of aromatic nitrogens is 2. The molecule has 0 aliphatic heterocycles. The smallest absolute Gasteiger partial charge is 0.219 e. The summed E-state index contributed by atoms with van der Waals surface area (Å²) >= 11 is 0. The molecule has 0 fully saturated rings. The van der Waals surface area contributed by atoms with Crippen LogP contribution in [0.3, 0.4) is 0 Å². The van der Waals surface area contributed by atoms with E-state index < -0.39 is 0 Å². The SMILES string of the molecule is Cc1ccn(CCC(N)=O)n1.[HH]. The largest absolute Gasteiger partial charge is 0.370 e. The number of carbonyl (C=O) groups excluding carboxylic acids is 1. The summed E-state index contributed by atoms with van der Waals surface area (Å²) in [6.07, 6.45) is 2.18. The molecule has 1 aromatic heterocycles. The van der Waals surface area contributed by atoms with Crippen LogP contribution in [-0.2, 0) is 11.3 Å². The van der Waals surface area contributed by atoms with Crippen molar-refractivity contribution in [3.05, 3.63) is 18.0 Å². The number of hydrogen-bond donors (Lipinski definition) is 1. The molecule has 0 spiro atoms. The Balaban J connectivity index is 0.00000121. The van der Waals surface area contributed by atoms with E-state index in [1.807, 2.05) is 19.2 Å². The zero-order valence-electron chi connectivity index (χ0n) is 6.45. The number of nitrogens with zero attached hydrogens (tertiary/aromatic N) is 2. The number of aryl methyl sites for hydroxylation is 2. The summed E-state index contributed by atoms with van der Waals surface area (Å²) in [7, 11) is 0. The summed E-state index contributed by atoms with van der Waals surface area (Å²) in [6, 6.07) is 1.89. The molecule has 0 saturated carbocycles. The van der Waals surface area contributed by atoms with Gasteiger partial charge >= 0.3 is 0 Å². The summed E-state index contributed by atoms with van der Waals surface area (Å²) in [6.45, 7) is 2.48. The van der Waals surface area contributed by atoms with Crippen molar-refractivity contribution in [2.45, 2.75) is 19.9 Å². The molecule has 1 rings (SSSR count). The fourth-order valence-electron chi connectivity index (χ4n) is 0.812. The number of nitrogens with two attached hydrogens (primary N) is 1. The minimum atomic E-state index is -0.293. The topological polar surface area (TPSA) is 60.9 Å². The zero-order valence-corrected chi connectivity index (χ0v) is 6.45. The van der Waals surface area contributed by atoms with Gasteiger partial charge in [0.15, 0.2) is 0 Å². The van der Waals surface area contributed by atoms with Crippen LogP contribution in [0, 0.1) is 6.92 Å². The number of amides is 1. The van der Waals surface area contributed by atoms with Gasteiger partial charge in [-0.2, -0.15) is 5.10 Å². The van der Waals surface area contributed by atoms with Crippen molar-refractivity contribution in [2.75, 3.05) is 0 Å². The van der Waals surface area contributed by atoms with Crippen LogP contribution in [0.5, 0.6) is 0 Å². The van der Waals surface area contributed by atoms with Gasteiger partial charge in [-0.3, -0.25) is 9.48 Å². The molecule has 1 amide bonds. The maximum absolute atomic E-state index is 10.4. The van der Waals surface area contributed by atoms with Crippen molar-refractivity contribution in [1.82, 2.24) is 9.78 Å². The van der Waals surface area contributed by atoms with E-state index in [2.05, 4.69) is 5.10 Å².